The molecule has 0 aromatic heterocycles. The fraction of sp³-hybridized carbons (Fsp3) is 0.611. The molecule has 0 aliphatic heterocycles. The minimum atomic E-state index is 0.0863. The second-order valence-corrected chi connectivity index (χ2v) is 7.29. The molecule has 5 heteroatoms. The number of hydrogen-bond acceptors (Lipinski definition) is 3. The number of rotatable bonds is 6. The third-order valence-electron chi connectivity index (χ3n) is 4.70. The summed E-state index contributed by atoms with van der Waals surface area (Å²) in [4.78, 5) is 12.2. The Kier molecular flexibility index (Phi) is 6.90. The molecule has 1 amide bonds. The quantitative estimate of drug-likeness (QED) is 0.786. The van der Waals surface area contributed by atoms with E-state index in [1.807, 2.05) is 18.2 Å². The molecule has 1 aromatic carbocycles. The van der Waals surface area contributed by atoms with Gasteiger partial charge >= 0.3 is 0 Å². The van der Waals surface area contributed by atoms with Crippen LogP contribution in [-0.4, -0.2) is 25.6 Å². The Hall–Kier alpha value is -1.07. The van der Waals surface area contributed by atoms with Crippen molar-refractivity contribution in [1.29, 1.82) is 0 Å². The fourth-order valence-electron chi connectivity index (χ4n) is 3.10. The first-order valence-corrected chi connectivity index (χ1v) is 9.16. The van der Waals surface area contributed by atoms with Gasteiger partial charge in [0.15, 0.2) is 0 Å². The molecule has 128 valence electrons. The molecule has 2 rings (SSSR count). The number of halogens is 1. The van der Waals surface area contributed by atoms with Gasteiger partial charge in [-0.1, -0.05) is 25.8 Å². The van der Waals surface area contributed by atoms with Crippen LogP contribution >= 0.6 is 15.9 Å². The van der Waals surface area contributed by atoms with Gasteiger partial charge in [0.25, 0.3) is 0 Å². The van der Waals surface area contributed by atoms with E-state index in [0.29, 0.717) is 18.5 Å². The average Bonchev–Trinajstić information content (AvgIpc) is 2.54. The van der Waals surface area contributed by atoms with Crippen LogP contribution in [0.2, 0.25) is 0 Å². The summed E-state index contributed by atoms with van der Waals surface area (Å²) in [6, 6.07) is 6.41. The smallest absolute Gasteiger partial charge is 0.234 e. The molecule has 0 heterocycles. The number of carbonyl (C=O) groups is 1. The summed E-state index contributed by atoms with van der Waals surface area (Å²) in [6.45, 7) is 4.63. The van der Waals surface area contributed by atoms with Crippen LogP contribution in [0.15, 0.2) is 22.7 Å². The van der Waals surface area contributed by atoms with Crippen molar-refractivity contribution in [3.8, 4) is 5.75 Å². The highest BCUT2D eigenvalue weighted by Crippen LogP contribution is 2.28. The van der Waals surface area contributed by atoms with Gasteiger partial charge in [-0.2, -0.15) is 0 Å². The lowest BCUT2D eigenvalue weighted by Gasteiger charge is -2.29. The zero-order valence-corrected chi connectivity index (χ0v) is 15.8. The summed E-state index contributed by atoms with van der Waals surface area (Å²) in [6.07, 6.45) is 4.83. The zero-order chi connectivity index (χ0) is 16.8. The van der Waals surface area contributed by atoms with Gasteiger partial charge in [-0.05, 0) is 59.3 Å². The number of ether oxygens (including phenoxy) is 1. The third-order valence-corrected chi connectivity index (χ3v) is 5.32. The minimum absolute atomic E-state index is 0.0863. The first kappa shape index (κ1) is 18.3. The maximum atomic E-state index is 12.2. The van der Waals surface area contributed by atoms with Crippen molar-refractivity contribution in [1.82, 2.24) is 10.6 Å². The van der Waals surface area contributed by atoms with E-state index in [1.165, 1.54) is 19.3 Å². The molecule has 2 N–H and O–H groups in total. The molecule has 1 aliphatic carbocycles. The van der Waals surface area contributed by atoms with Gasteiger partial charge in [0.2, 0.25) is 5.91 Å². The molecule has 0 unspecified atom stereocenters. The van der Waals surface area contributed by atoms with Crippen LogP contribution in [0.1, 0.15) is 51.1 Å². The molecule has 3 atom stereocenters. The minimum Gasteiger partial charge on any atom is -0.496 e. The maximum Gasteiger partial charge on any atom is 0.234 e. The Bertz CT molecular complexity index is 536. The lowest BCUT2D eigenvalue weighted by atomic mass is 9.86. The highest BCUT2D eigenvalue weighted by molar-refractivity contribution is 9.10. The summed E-state index contributed by atoms with van der Waals surface area (Å²) in [5, 5.41) is 6.47. The van der Waals surface area contributed by atoms with Crippen molar-refractivity contribution in [3.63, 3.8) is 0 Å². The Morgan fingerprint density at radius 1 is 1.39 bits per heavy atom. The van der Waals surface area contributed by atoms with Crippen molar-refractivity contribution in [2.45, 2.75) is 51.6 Å². The van der Waals surface area contributed by atoms with Gasteiger partial charge < -0.3 is 15.4 Å². The van der Waals surface area contributed by atoms with Crippen LogP contribution in [0, 0.1) is 5.92 Å². The van der Waals surface area contributed by atoms with Crippen LogP contribution in [0.5, 0.6) is 5.75 Å². The van der Waals surface area contributed by atoms with E-state index < -0.39 is 0 Å². The predicted molar refractivity (Wildman–Crippen MR) is 96.7 cm³/mol. The van der Waals surface area contributed by atoms with E-state index in [2.05, 4.69) is 40.4 Å². The van der Waals surface area contributed by atoms with Gasteiger partial charge in [0, 0.05) is 12.1 Å². The first-order chi connectivity index (χ1) is 11.0. The molecule has 0 radical (unpaired) electrons. The van der Waals surface area contributed by atoms with Crippen molar-refractivity contribution in [2.24, 2.45) is 5.92 Å². The van der Waals surface area contributed by atoms with Crippen LogP contribution < -0.4 is 15.4 Å². The molecular formula is C18H27BrN2O2. The summed E-state index contributed by atoms with van der Waals surface area (Å²) >= 11 is 3.50. The Morgan fingerprint density at radius 2 is 2.13 bits per heavy atom. The number of methoxy groups -OCH3 is 1. The molecule has 0 spiro atoms. The molecular weight excluding hydrogens is 356 g/mol. The molecule has 1 fully saturated rings. The summed E-state index contributed by atoms with van der Waals surface area (Å²) in [7, 11) is 1.65. The third kappa shape index (κ3) is 5.21. The fourth-order valence-corrected chi connectivity index (χ4v) is 3.66. The molecule has 1 saturated carbocycles. The highest BCUT2D eigenvalue weighted by atomic mass is 79.9. The Balaban J connectivity index is 1.82. The number of amides is 1. The number of hydrogen-bond donors (Lipinski definition) is 2. The van der Waals surface area contributed by atoms with Gasteiger partial charge in [-0.3, -0.25) is 4.79 Å². The van der Waals surface area contributed by atoms with E-state index in [-0.39, 0.29) is 11.9 Å². The van der Waals surface area contributed by atoms with Crippen LogP contribution in [-0.2, 0) is 4.79 Å². The van der Waals surface area contributed by atoms with E-state index in [4.69, 9.17) is 4.74 Å². The lowest BCUT2D eigenvalue weighted by Crippen LogP contribution is -2.45. The topological polar surface area (TPSA) is 50.4 Å². The van der Waals surface area contributed by atoms with Crippen molar-refractivity contribution in [2.75, 3.05) is 13.7 Å². The van der Waals surface area contributed by atoms with Crippen molar-refractivity contribution in [3.05, 3.63) is 28.2 Å². The summed E-state index contributed by atoms with van der Waals surface area (Å²) < 4.78 is 6.16. The van der Waals surface area contributed by atoms with E-state index in [0.717, 1.165) is 22.2 Å². The molecule has 1 aromatic rings. The summed E-state index contributed by atoms with van der Waals surface area (Å²) in [5.41, 5.74) is 1.12. The molecule has 0 saturated heterocycles. The predicted octanol–water partition coefficient (Wildman–Crippen LogP) is 3.80. The van der Waals surface area contributed by atoms with Crippen LogP contribution in [0.25, 0.3) is 0 Å². The Morgan fingerprint density at radius 3 is 2.78 bits per heavy atom. The van der Waals surface area contributed by atoms with Crippen molar-refractivity contribution >= 4 is 21.8 Å². The Labute approximate surface area is 147 Å². The number of benzene rings is 1. The molecule has 0 bridgehead atoms. The molecule has 1 aliphatic rings. The van der Waals surface area contributed by atoms with E-state index >= 15 is 0 Å². The standard InChI is InChI=1S/C18H27BrN2O2/c1-12-6-4-5-7-16(12)21-18(22)11-20-13(2)14-8-9-17(23-3)15(19)10-14/h8-10,12-13,16,20H,4-7,11H2,1-3H3,(H,21,22)/t12-,13-,16-/m0/s1. The van der Waals surface area contributed by atoms with Gasteiger partial charge in [0.1, 0.15) is 5.75 Å². The highest BCUT2D eigenvalue weighted by Gasteiger charge is 2.22. The SMILES string of the molecule is COc1ccc([C@H](C)NCC(=O)N[C@H]2CCCC[C@@H]2C)cc1Br. The van der Waals surface area contributed by atoms with Gasteiger partial charge in [0.05, 0.1) is 18.1 Å². The van der Waals surface area contributed by atoms with Gasteiger partial charge in [-0.25, -0.2) is 0 Å². The average molecular weight is 383 g/mol. The zero-order valence-electron chi connectivity index (χ0n) is 14.2. The maximum absolute atomic E-state index is 12.2. The normalized spacial score (nSPS) is 22.4. The second kappa shape index (κ2) is 8.69. The summed E-state index contributed by atoms with van der Waals surface area (Å²) in [5.74, 6) is 1.48. The lowest BCUT2D eigenvalue weighted by molar-refractivity contribution is -0.121. The monoisotopic (exact) mass is 382 g/mol. The molecule has 23 heavy (non-hydrogen) atoms. The van der Waals surface area contributed by atoms with Gasteiger partial charge in [-0.15, -0.1) is 0 Å². The largest absolute Gasteiger partial charge is 0.496 e. The van der Waals surface area contributed by atoms with Crippen LogP contribution in [0.4, 0.5) is 0 Å². The number of carbonyl (C=O) groups excluding carboxylic acids is 1. The molecule has 4 nitrogen and oxygen atoms in total. The first-order valence-electron chi connectivity index (χ1n) is 8.37. The second-order valence-electron chi connectivity index (χ2n) is 6.43. The van der Waals surface area contributed by atoms with E-state index in [1.54, 1.807) is 7.11 Å². The van der Waals surface area contributed by atoms with Crippen molar-refractivity contribution < 1.29 is 9.53 Å². The number of nitrogens with one attached hydrogen (secondary N) is 2. The van der Waals surface area contributed by atoms with E-state index in [9.17, 15) is 4.79 Å². The van der Waals surface area contributed by atoms with Crippen LogP contribution in [0.3, 0.4) is 0 Å².